The Bertz CT molecular complexity index is 494. The van der Waals surface area contributed by atoms with Crippen molar-refractivity contribution in [1.29, 1.82) is 0 Å². The van der Waals surface area contributed by atoms with E-state index in [0.29, 0.717) is 24.3 Å². The van der Waals surface area contributed by atoms with Crippen LogP contribution in [0.25, 0.3) is 0 Å². The molecule has 0 radical (unpaired) electrons. The molecule has 1 rings (SSSR count). The molecule has 1 unspecified atom stereocenters. The lowest BCUT2D eigenvalue weighted by molar-refractivity contribution is -0.176. The van der Waals surface area contributed by atoms with Crippen LogP contribution in [0, 0.1) is 0 Å². The van der Waals surface area contributed by atoms with E-state index in [1.165, 1.54) is 6.92 Å². The molecule has 0 fully saturated rings. The van der Waals surface area contributed by atoms with E-state index < -0.39 is 17.7 Å². The van der Waals surface area contributed by atoms with Crippen molar-refractivity contribution >= 4 is 23.4 Å². The highest BCUT2D eigenvalue weighted by molar-refractivity contribution is 6.18. The van der Waals surface area contributed by atoms with Gasteiger partial charge in [-0.1, -0.05) is 24.3 Å². The molecule has 5 heteroatoms. The zero-order valence-corrected chi connectivity index (χ0v) is 13.3. The van der Waals surface area contributed by atoms with Gasteiger partial charge in [-0.25, -0.2) is 0 Å². The number of ether oxygens (including phenoxy) is 1. The first-order chi connectivity index (χ1) is 9.78. The second kappa shape index (κ2) is 7.57. The highest BCUT2D eigenvalue weighted by Gasteiger charge is 2.32. The second-order valence-electron chi connectivity index (χ2n) is 5.48. The van der Waals surface area contributed by atoms with Crippen LogP contribution in [-0.2, 0) is 14.9 Å². The number of ketones is 1. The number of carbonyl (C=O) groups is 2. The maximum Gasteiger partial charge on any atom is 0.304 e. The third-order valence-electron chi connectivity index (χ3n) is 3.38. The molecular weight excluding hydrogens is 292 g/mol. The van der Waals surface area contributed by atoms with E-state index in [1.807, 2.05) is 0 Å². The Morgan fingerprint density at radius 2 is 1.86 bits per heavy atom. The SMILES string of the molecule is CC(=O)OC(O)C(C)(C)c1ccc(C(=O)CCCCl)cc1. The van der Waals surface area contributed by atoms with Crippen molar-refractivity contribution in [1.82, 2.24) is 0 Å². The van der Waals surface area contributed by atoms with Crippen LogP contribution >= 0.6 is 11.6 Å². The van der Waals surface area contributed by atoms with Gasteiger partial charge in [0.25, 0.3) is 0 Å². The van der Waals surface area contributed by atoms with E-state index >= 15 is 0 Å². The molecule has 0 bridgehead atoms. The van der Waals surface area contributed by atoms with Crippen molar-refractivity contribution in [3.8, 4) is 0 Å². The standard InChI is InChI=1S/C16H21ClO4/c1-11(18)21-15(20)16(2,3)13-8-6-12(7-9-13)14(19)5-4-10-17/h6-9,15,20H,4-5,10H2,1-3H3. The first kappa shape index (κ1) is 17.7. The molecule has 0 saturated carbocycles. The predicted molar refractivity (Wildman–Crippen MR) is 81.5 cm³/mol. The first-order valence-electron chi connectivity index (χ1n) is 6.84. The van der Waals surface area contributed by atoms with E-state index in [2.05, 4.69) is 0 Å². The molecule has 1 atom stereocenters. The van der Waals surface area contributed by atoms with Crippen molar-refractivity contribution in [3.05, 3.63) is 35.4 Å². The summed E-state index contributed by atoms with van der Waals surface area (Å²) in [6, 6.07) is 6.96. The molecule has 0 spiro atoms. The van der Waals surface area contributed by atoms with E-state index in [0.717, 1.165) is 5.56 Å². The minimum atomic E-state index is -1.24. The van der Waals surface area contributed by atoms with Crippen LogP contribution in [-0.4, -0.2) is 29.0 Å². The molecule has 0 aliphatic heterocycles. The summed E-state index contributed by atoms with van der Waals surface area (Å²) in [5, 5.41) is 9.97. The third-order valence-corrected chi connectivity index (χ3v) is 3.65. The lowest BCUT2D eigenvalue weighted by Gasteiger charge is -2.30. The number of rotatable bonds is 7. The van der Waals surface area contributed by atoms with Crippen molar-refractivity contribution in [3.63, 3.8) is 0 Å². The molecule has 0 heterocycles. The fourth-order valence-electron chi connectivity index (χ4n) is 1.90. The minimum Gasteiger partial charge on any atom is -0.435 e. The monoisotopic (exact) mass is 312 g/mol. The highest BCUT2D eigenvalue weighted by atomic mass is 35.5. The molecule has 0 amide bonds. The lowest BCUT2D eigenvalue weighted by atomic mass is 9.83. The number of benzene rings is 1. The first-order valence-corrected chi connectivity index (χ1v) is 7.37. The summed E-state index contributed by atoms with van der Waals surface area (Å²) in [5.74, 6) is -0.0326. The maximum atomic E-state index is 11.9. The average Bonchev–Trinajstić information content (AvgIpc) is 2.44. The number of aliphatic hydroxyl groups excluding tert-OH is 1. The van der Waals surface area contributed by atoms with Crippen LogP contribution in [0.15, 0.2) is 24.3 Å². The number of aliphatic hydroxyl groups is 1. The summed E-state index contributed by atoms with van der Waals surface area (Å²) in [5.41, 5.74) is 0.635. The Kier molecular flexibility index (Phi) is 6.37. The summed E-state index contributed by atoms with van der Waals surface area (Å²) in [6.45, 7) is 4.79. The van der Waals surface area contributed by atoms with Gasteiger partial charge in [-0.3, -0.25) is 9.59 Å². The Morgan fingerprint density at radius 1 is 1.29 bits per heavy atom. The fourth-order valence-corrected chi connectivity index (χ4v) is 2.04. The molecule has 0 aromatic heterocycles. The molecule has 4 nitrogen and oxygen atoms in total. The quantitative estimate of drug-likeness (QED) is 0.364. The van der Waals surface area contributed by atoms with Gasteiger partial charge in [-0.15, -0.1) is 11.6 Å². The van der Waals surface area contributed by atoms with Crippen LogP contribution in [0.5, 0.6) is 0 Å². The highest BCUT2D eigenvalue weighted by Crippen LogP contribution is 2.28. The van der Waals surface area contributed by atoms with Crippen LogP contribution in [0.4, 0.5) is 0 Å². The Hall–Kier alpha value is -1.39. The van der Waals surface area contributed by atoms with Crippen LogP contribution in [0.2, 0.25) is 0 Å². The minimum absolute atomic E-state index is 0.0422. The summed E-state index contributed by atoms with van der Waals surface area (Å²) in [4.78, 5) is 22.8. The smallest absolute Gasteiger partial charge is 0.304 e. The number of esters is 1. The maximum absolute atomic E-state index is 11.9. The third kappa shape index (κ3) is 4.83. The lowest BCUT2D eigenvalue weighted by Crippen LogP contribution is -2.37. The van der Waals surface area contributed by atoms with Gasteiger partial charge in [0.1, 0.15) is 0 Å². The van der Waals surface area contributed by atoms with Gasteiger partial charge in [0, 0.05) is 24.8 Å². The van der Waals surface area contributed by atoms with E-state index in [9.17, 15) is 14.7 Å². The fraction of sp³-hybridized carbons (Fsp3) is 0.500. The molecule has 1 N–H and O–H groups in total. The van der Waals surface area contributed by atoms with Gasteiger partial charge in [0.15, 0.2) is 5.78 Å². The molecule has 1 aromatic carbocycles. The zero-order chi connectivity index (χ0) is 16.0. The largest absolute Gasteiger partial charge is 0.435 e. The second-order valence-corrected chi connectivity index (χ2v) is 5.85. The average molecular weight is 313 g/mol. The van der Waals surface area contributed by atoms with Crippen molar-refractivity contribution in [2.75, 3.05) is 5.88 Å². The van der Waals surface area contributed by atoms with E-state index in [1.54, 1.807) is 38.1 Å². The van der Waals surface area contributed by atoms with E-state index in [4.69, 9.17) is 16.3 Å². The van der Waals surface area contributed by atoms with E-state index in [-0.39, 0.29) is 5.78 Å². The number of Topliss-reactive ketones (excluding diaryl/α,β-unsaturated/α-hetero) is 1. The van der Waals surface area contributed by atoms with Crippen LogP contribution < -0.4 is 0 Å². The number of alkyl halides is 1. The summed E-state index contributed by atoms with van der Waals surface area (Å²) in [6.07, 6.45) is -0.172. The normalized spacial score (nSPS) is 12.8. The van der Waals surface area contributed by atoms with Gasteiger partial charge in [-0.05, 0) is 25.8 Å². The number of halogens is 1. The Balaban J connectivity index is 2.85. The predicted octanol–water partition coefficient (Wildman–Crippen LogP) is 3.05. The zero-order valence-electron chi connectivity index (χ0n) is 12.6. The molecule has 116 valence electrons. The topological polar surface area (TPSA) is 63.6 Å². The molecule has 1 aromatic rings. The summed E-state index contributed by atoms with van der Waals surface area (Å²) < 4.78 is 4.84. The Morgan fingerprint density at radius 3 is 2.33 bits per heavy atom. The van der Waals surface area contributed by atoms with Gasteiger partial charge in [-0.2, -0.15) is 0 Å². The van der Waals surface area contributed by atoms with Gasteiger partial charge in [0.2, 0.25) is 6.29 Å². The van der Waals surface area contributed by atoms with Crippen LogP contribution in [0.3, 0.4) is 0 Å². The van der Waals surface area contributed by atoms with Gasteiger partial charge in [0.05, 0.1) is 5.41 Å². The van der Waals surface area contributed by atoms with Gasteiger partial charge < -0.3 is 9.84 Å². The molecular formula is C16H21ClO4. The molecule has 0 saturated heterocycles. The summed E-state index contributed by atoms with van der Waals surface area (Å²) in [7, 11) is 0. The van der Waals surface area contributed by atoms with Crippen LogP contribution in [0.1, 0.15) is 49.5 Å². The molecule has 0 aliphatic carbocycles. The number of carbonyl (C=O) groups excluding carboxylic acids is 2. The number of hydrogen-bond donors (Lipinski definition) is 1. The summed E-state index contributed by atoms with van der Waals surface area (Å²) >= 11 is 5.57. The Labute approximate surface area is 130 Å². The van der Waals surface area contributed by atoms with Gasteiger partial charge >= 0.3 is 5.97 Å². The molecule has 0 aliphatic rings. The van der Waals surface area contributed by atoms with Crippen molar-refractivity contribution in [2.24, 2.45) is 0 Å². The van der Waals surface area contributed by atoms with Crippen molar-refractivity contribution in [2.45, 2.75) is 45.3 Å². The molecule has 21 heavy (non-hydrogen) atoms. The number of hydrogen-bond acceptors (Lipinski definition) is 4. The van der Waals surface area contributed by atoms with Crippen molar-refractivity contribution < 1.29 is 19.4 Å².